The molecule has 2 unspecified atom stereocenters. The van der Waals surface area contributed by atoms with Crippen LogP contribution in [-0.4, -0.2) is 36.1 Å². The van der Waals surface area contributed by atoms with Gasteiger partial charge in [0, 0.05) is 36.8 Å². The summed E-state index contributed by atoms with van der Waals surface area (Å²) in [6.07, 6.45) is 7.45. The average molecular weight is 422 g/mol. The lowest BCUT2D eigenvalue weighted by atomic mass is 9.82. The van der Waals surface area contributed by atoms with E-state index >= 15 is 0 Å². The van der Waals surface area contributed by atoms with Crippen LogP contribution in [-0.2, 0) is 11.2 Å². The summed E-state index contributed by atoms with van der Waals surface area (Å²) in [7, 11) is 1.78. The SMILES string of the molecule is COCC1C(c2ccc(Cl)cc2)=CCNC1CCCc1ccn(-c2ccccc2)n1. The third kappa shape index (κ3) is 5.01. The van der Waals surface area contributed by atoms with Gasteiger partial charge in [-0.25, -0.2) is 4.68 Å². The Morgan fingerprint density at radius 3 is 2.67 bits per heavy atom. The molecule has 0 fully saturated rings. The fraction of sp³-hybridized carbons (Fsp3) is 0.320. The van der Waals surface area contributed by atoms with E-state index in [2.05, 4.69) is 41.7 Å². The van der Waals surface area contributed by atoms with Gasteiger partial charge in [-0.15, -0.1) is 0 Å². The minimum absolute atomic E-state index is 0.326. The van der Waals surface area contributed by atoms with Gasteiger partial charge >= 0.3 is 0 Å². The van der Waals surface area contributed by atoms with Crippen molar-refractivity contribution in [3.05, 3.63) is 89.2 Å². The predicted molar refractivity (Wildman–Crippen MR) is 123 cm³/mol. The van der Waals surface area contributed by atoms with Crippen LogP contribution in [0.4, 0.5) is 0 Å². The second kappa shape index (κ2) is 10.1. The van der Waals surface area contributed by atoms with E-state index in [1.165, 1.54) is 11.1 Å². The number of aromatic nitrogens is 2. The Morgan fingerprint density at radius 2 is 1.90 bits per heavy atom. The number of hydrogen-bond acceptors (Lipinski definition) is 3. The molecule has 4 rings (SSSR count). The Kier molecular flexibility index (Phi) is 7.00. The van der Waals surface area contributed by atoms with E-state index in [9.17, 15) is 0 Å². The smallest absolute Gasteiger partial charge is 0.0645 e. The van der Waals surface area contributed by atoms with Crippen molar-refractivity contribution < 1.29 is 4.74 Å². The normalized spacial score (nSPS) is 18.9. The number of nitrogens with one attached hydrogen (secondary N) is 1. The molecule has 0 spiro atoms. The van der Waals surface area contributed by atoms with Crippen molar-refractivity contribution in [2.75, 3.05) is 20.3 Å². The highest BCUT2D eigenvalue weighted by Gasteiger charge is 2.28. The molecule has 156 valence electrons. The number of hydrogen-bond donors (Lipinski definition) is 1. The van der Waals surface area contributed by atoms with Gasteiger partial charge in [0.1, 0.15) is 0 Å². The quantitative estimate of drug-likeness (QED) is 0.545. The molecular formula is C25H28ClN3O. The predicted octanol–water partition coefficient (Wildman–Crippen LogP) is 5.17. The van der Waals surface area contributed by atoms with Gasteiger partial charge in [0.15, 0.2) is 0 Å². The van der Waals surface area contributed by atoms with Gasteiger partial charge in [-0.2, -0.15) is 5.10 Å². The summed E-state index contributed by atoms with van der Waals surface area (Å²) in [6, 6.07) is 20.9. The minimum Gasteiger partial charge on any atom is -0.384 e. The zero-order valence-corrected chi connectivity index (χ0v) is 18.1. The highest BCUT2D eigenvalue weighted by atomic mass is 35.5. The Balaban J connectivity index is 1.38. The number of methoxy groups -OCH3 is 1. The van der Waals surface area contributed by atoms with Crippen molar-refractivity contribution >= 4 is 17.2 Å². The van der Waals surface area contributed by atoms with Crippen LogP contribution in [0.25, 0.3) is 11.3 Å². The molecule has 2 atom stereocenters. The van der Waals surface area contributed by atoms with Crippen LogP contribution in [0.15, 0.2) is 72.9 Å². The number of ether oxygens (including phenoxy) is 1. The number of aryl methyl sites for hydroxylation is 1. The summed E-state index contributed by atoms with van der Waals surface area (Å²) in [4.78, 5) is 0. The molecule has 1 aliphatic heterocycles. The monoisotopic (exact) mass is 421 g/mol. The largest absolute Gasteiger partial charge is 0.384 e. The number of nitrogens with zero attached hydrogens (tertiary/aromatic N) is 2. The first-order valence-electron chi connectivity index (χ1n) is 10.5. The lowest BCUT2D eigenvalue weighted by Gasteiger charge is -2.33. The van der Waals surface area contributed by atoms with Crippen molar-refractivity contribution in [2.24, 2.45) is 5.92 Å². The first-order valence-corrected chi connectivity index (χ1v) is 10.9. The average Bonchev–Trinajstić information content (AvgIpc) is 3.25. The summed E-state index contributed by atoms with van der Waals surface area (Å²) >= 11 is 6.08. The van der Waals surface area contributed by atoms with Crippen LogP contribution < -0.4 is 5.32 Å². The molecule has 1 N–H and O–H groups in total. The molecule has 0 radical (unpaired) electrons. The van der Waals surface area contributed by atoms with Gasteiger partial charge in [0.25, 0.3) is 0 Å². The first-order chi connectivity index (χ1) is 14.7. The molecule has 4 nitrogen and oxygen atoms in total. The van der Waals surface area contributed by atoms with Crippen LogP contribution >= 0.6 is 11.6 Å². The van der Waals surface area contributed by atoms with E-state index in [1.54, 1.807) is 7.11 Å². The molecular weight excluding hydrogens is 394 g/mol. The lowest BCUT2D eigenvalue weighted by molar-refractivity contribution is 0.151. The van der Waals surface area contributed by atoms with E-state index < -0.39 is 0 Å². The van der Waals surface area contributed by atoms with E-state index in [-0.39, 0.29) is 0 Å². The van der Waals surface area contributed by atoms with Gasteiger partial charge in [-0.05, 0) is 60.7 Å². The van der Waals surface area contributed by atoms with Crippen molar-refractivity contribution in [3.63, 3.8) is 0 Å². The van der Waals surface area contributed by atoms with Gasteiger partial charge < -0.3 is 10.1 Å². The summed E-state index contributed by atoms with van der Waals surface area (Å²) in [5.41, 5.74) is 4.81. The van der Waals surface area contributed by atoms with E-state index in [1.807, 2.05) is 41.2 Å². The lowest BCUT2D eigenvalue weighted by Crippen LogP contribution is -2.42. The van der Waals surface area contributed by atoms with E-state index in [0.29, 0.717) is 18.6 Å². The van der Waals surface area contributed by atoms with Crippen molar-refractivity contribution in [3.8, 4) is 5.69 Å². The highest BCUT2D eigenvalue weighted by Crippen LogP contribution is 2.31. The van der Waals surface area contributed by atoms with Crippen LogP contribution in [0, 0.1) is 5.92 Å². The van der Waals surface area contributed by atoms with Crippen molar-refractivity contribution in [1.29, 1.82) is 0 Å². The molecule has 0 aliphatic carbocycles. The molecule has 5 heteroatoms. The zero-order valence-electron chi connectivity index (χ0n) is 17.3. The number of halogens is 1. The van der Waals surface area contributed by atoms with Gasteiger partial charge in [0.05, 0.1) is 18.0 Å². The Labute approximate surface area is 183 Å². The summed E-state index contributed by atoms with van der Waals surface area (Å²) in [6.45, 7) is 1.58. The molecule has 3 aromatic rings. The fourth-order valence-corrected chi connectivity index (χ4v) is 4.34. The summed E-state index contributed by atoms with van der Waals surface area (Å²) in [5.74, 6) is 0.326. The van der Waals surface area contributed by atoms with Crippen LogP contribution in [0.5, 0.6) is 0 Å². The standard InChI is InChI=1S/C25H28ClN3O/c1-30-18-24-23(19-10-12-20(26)13-11-19)14-16-27-25(24)9-5-6-21-15-17-29(28-21)22-7-3-2-4-8-22/h2-4,7-8,10-15,17,24-25,27H,5-6,9,16,18H2,1H3. The van der Waals surface area contributed by atoms with Gasteiger partial charge in [0.2, 0.25) is 0 Å². The van der Waals surface area contributed by atoms with E-state index in [4.69, 9.17) is 21.4 Å². The summed E-state index contributed by atoms with van der Waals surface area (Å²) in [5, 5.41) is 9.18. The van der Waals surface area contributed by atoms with Gasteiger partial charge in [-0.1, -0.05) is 48.0 Å². The second-order valence-corrected chi connectivity index (χ2v) is 8.16. The fourth-order valence-electron chi connectivity index (χ4n) is 4.22. The molecule has 1 aromatic heterocycles. The van der Waals surface area contributed by atoms with Crippen LogP contribution in [0.2, 0.25) is 5.02 Å². The maximum Gasteiger partial charge on any atom is 0.0645 e. The highest BCUT2D eigenvalue weighted by molar-refractivity contribution is 6.30. The molecule has 2 heterocycles. The Hall–Kier alpha value is -2.40. The maximum atomic E-state index is 6.08. The van der Waals surface area contributed by atoms with E-state index in [0.717, 1.165) is 42.2 Å². The topological polar surface area (TPSA) is 39.1 Å². The molecule has 2 aromatic carbocycles. The third-order valence-corrected chi connectivity index (χ3v) is 5.98. The summed E-state index contributed by atoms with van der Waals surface area (Å²) < 4.78 is 7.53. The minimum atomic E-state index is 0.326. The third-order valence-electron chi connectivity index (χ3n) is 5.72. The molecule has 30 heavy (non-hydrogen) atoms. The molecule has 1 aliphatic rings. The first kappa shape index (κ1) is 20.9. The van der Waals surface area contributed by atoms with Crippen LogP contribution in [0.1, 0.15) is 24.1 Å². The number of benzene rings is 2. The second-order valence-electron chi connectivity index (χ2n) is 7.72. The zero-order chi connectivity index (χ0) is 20.8. The Morgan fingerprint density at radius 1 is 1.10 bits per heavy atom. The molecule has 0 saturated heterocycles. The molecule has 0 amide bonds. The van der Waals surface area contributed by atoms with Gasteiger partial charge in [-0.3, -0.25) is 0 Å². The molecule has 0 bridgehead atoms. The van der Waals surface area contributed by atoms with Crippen molar-refractivity contribution in [1.82, 2.24) is 15.1 Å². The number of rotatable bonds is 8. The van der Waals surface area contributed by atoms with Crippen LogP contribution in [0.3, 0.4) is 0 Å². The number of para-hydroxylation sites is 1. The maximum absolute atomic E-state index is 6.08. The Bertz CT molecular complexity index is 966. The molecule has 0 saturated carbocycles. The van der Waals surface area contributed by atoms with Crippen molar-refractivity contribution in [2.45, 2.75) is 25.3 Å².